The summed E-state index contributed by atoms with van der Waals surface area (Å²) in [5, 5.41) is 11.3. The molecule has 1 aliphatic heterocycles. The fourth-order valence-corrected chi connectivity index (χ4v) is 4.54. The van der Waals surface area contributed by atoms with E-state index < -0.39 is 28.5 Å². The molecule has 0 saturated carbocycles. The highest BCUT2D eigenvalue weighted by atomic mass is 32.2. The van der Waals surface area contributed by atoms with Crippen LogP contribution in [0.2, 0.25) is 0 Å². The van der Waals surface area contributed by atoms with Gasteiger partial charge in [0.1, 0.15) is 0 Å². The van der Waals surface area contributed by atoms with Gasteiger partial charge in [-0.15, -0.1) is 0 Å². The van der Waals surface area contributed by atoms with Crippen molar-refractivity contribution in [3.63, 3.8) is 0 Å². The molecule has 29 heavy (non-hydrogen) atoms. The average molecular weight is 413 g/mol. The number of esters is 1. The van der Waals surface area contributed by atoms with Crippen molar-refractivity contribution in [3.8, 4) is 6.07 Å². The number of amides is 1. The molecular formula is C20H19N3O5S. The summed E-state index contributed by atoms with van der Waals surface area (Å²) in [5.41, 5.74) is 2.49. The van der Waals surface area contributed by atoms with Crippen LogP contribution in [0.15, 0.2) is 42.5 Å². The van der Waals surface area contributed by atoms with Crippen LogP contribution in [0.4, 0.5) is 11.4 Å². The molecule has 1 heterocycles. The second-order valence-corrected chi connectivity index (χ2v) is 8.63. The summed E-state index contributed by atoms with van der Waals surface area (Å²) < 4.78 is 30.3. The van der Waals surface area contributed by atoms with E-state index in [2.05, 4.69) is 5.32 Å². The van der Waals surface area contributed by atoms with Crippen LogP contribution in [0.1, 0.15) is 28.4 Å². The van der Waals surface area contributed by atoms with Crippen molar-refractivity contribution >= 4 is 33.3 Å². The highest BCUT2D eigenvalue weighted by Gasteiger charge is 2.32. The molecule has 2 aromatic carbocycles. The van der Waals surface area contributed by atoms with Gasteiger partial charge in [-0.2, -0.15) is 5.26 Å². The molecule has 0 bridgehead atoms. The number of sulfonamides is 1. The number of carbonyl (C=O) groups excluding carboxylic acids is 2. The number of hydrogen-bond acceptors (Lipinski definition) is 6. The Morgan fingerprint density at radius 2 is 1.93 bits per heavy atom. The van der Waals surface area contributed by atoms with E-state index in [0.717, 1.165) is 11.8 Å². The van der Waals surface area contributed by atoms with Gasteiger partial charge in [0.15, 0.2) is 6.61 Å². The van der Waals surface area contributed by atoms with Crippen molar-refractivity contribution in [2.24, 2.45) is 0 Å². The molecule has 0 spiro atoms. The molecule has 0 unspecified atom stereocenters. The van der Waals surface area contributed by atoms with E-state index in [1.807, 2.05) is 6.07 Å². The van der Waals surface area contributed by atoms with Gasteiger partial charge in [-0.1, -0.05) is 0 Å². The summed E-state index contributed by atoms with van der Waals surface area (Å²) in [5.74, 6) is -1.19. The van der Waals surface area contributed by atoms with Crippen LogP contribution in [0, 0.1) is 11.3 Å². The molecule has 0 radical (unpaired) electrons. The summed E-state index contributed by atoms with van der Waals surface area (Å²) in [4.78, 5) is 24.2. The lowest BCUT2D eigenvalue weighted by molar-refractivity contribution is -0.119. The van der Waals surface area contributed by atoms with E-state index >= 15 is 0 Å². The molecule has 1 amide bonds. The van der Waals surface area contributed by atoms with E-state index in [-0.39, 0.29) is 11.6 Å². The Hall–Kier alpha value is -3.38. The van der Waals surface area contributed by atoms with E-state index in [1.165, 1.54) is 10.4 Å². The molecule has 150 valence electrons. The fourth-order valence-electron chi connectivity index (χ4n) is 3.27. The zero-order valence-corrected chi connectivity index (χ0v) is 16.7. The van der Waals surface area contributed by atoms with Gasteiger partial charge < -0.3 is 10.1 Å². The van der Waals surface area contributed by atoms with Crippen LogP contribution in [-0.4, -0.2) is 39.2 Å². The third-order valence-corrected chi connectivity index (χ3v) is 5.73. The second kappa shape index (κ2) is 7.93. The van der Waals surface area contributed by atoms with Crippen LogP contribution in [-0.2, 0) is 26.0 Å². The van der Waals surface area contributed by atoms with E-state index in [1.54, 1.807) is 43.3 Å². The summed E-state index contributed by atoms with van der Waals surface area (Å²) >= 11 is 0. The lowest BCUT2D eigenvalue weighted by Crippen LogP contribution is -2.34. The smallest absolute Gasteiger partial charge is 0.338 e. The zero-order valence-electron chi connectivity index (χ0n) is 15.9. The van der Waals surface area contributed by atoms with Crippen molar-refractivity contribution in [1.29, 1.82) is 5.26 Å². The van der Waals surface area contributed by atoms with Crippen molar-refractivity contribution < 1.29 is 22.7 Å². The molecule has 0 aliphatic carbocycles. The van der Waals surface area contributed by atoms with Gasteiger partial charge in [-0.3, -0.25) is 9.10 Å². The third kappa shape index (κ3) is 4.55. The monoisotopic (exact) mass is 413 g/mol. The summed E-state index contributed by atoms with van der Waals surface area (Å²) in [6, 6.07) is 12.7. The Morgan fingerprint density at radius 1 is 1.24 bits per heavy atom. The molecule has 1 aliphatic rings. The van der Waals surface area contributed by atoms with Crippen LogP contribution in [0.5, 0.6) is 0 Å². The first kappa shape index (κ1) is 20.4. The first-order chi connectivity index (χ1) is 13.7. The molecule has 0 saturated heterocycles. The predicted octanol–water partition coefficient (Wildman–Crippen LogP) is 2.06. The Morgan fingerprint density at radius 3 is 2.55 bits per heavy atom. The van der Waals surface area contributed by atoms with Crippen LogP contribution >= 0.6 is 0 Å². The molecule has 1 atom stereocenters. The number of nitrogens with one attached hydrogen (secondary N) is 1. The standard InChI is InChI=1S/C20H19N3O5S/c1-13-9-16-10-15(5-8-18(16)23(13)29(2,26)27)20(25)28-12-19(24)22-17-6-3-14(11-21)4-7-17/h3-8,10,13H,9,12H2,1-2H3,(H,22,24)/t13-/m1/s1. The summed E-state index contributed by atoms with van der Waals surface area (Å²) in [6.07, 6.45) is 1.63. The lowest BCUT2D eigenvalue weighted by Gasteiger charge is -2.21. The number of rotatable bonds is 5. The first-order valence-electron chi connectivity index (χ1n) is 8.78. The van der Waals surface area contributed by atoms with E-state index in [9.17, 15) is 18.0 Å². The minimum absolute atomic E-state index is 0.232. The van der Waals surface area contributed by atoms with Crippen LogP contribution < -0.4 is 9.62 Å². The maximum Gasteiger partial charge on any atom is 0.338 e. The number of nitrogens with zero attached hydrogens (tertiary/aromatic N) is 2. The topological polar surface area (TPSA) is 117 Å². The number of anilines is 2. The maximum atomic E-state index is 12.3. The van der Waals surface area contributed by atoms with Gasteiger partial charge >= 0.3 is 5.97 Å². The van der Waals surface area contributed by atoms with Gasteiger partial charge in [-0.25, -0.2) is 13.2 Å². The van der Waals surface area contributed by atoms with E-state index in [4.69, 9.17) is 10.00 Å². The number of carbonyl (C=O) groups is 2. The Labute approximate surface area is 168 Å². The van der Waals surface area contributed by atoms with Gasteiger partial charge in [0.05, 0.1) is 29.1 Å². The number of benzene rings is 2. The summed E-state index contributed by atoms with van der Waals surface area (Å²) in [7, 11) is -3.41. The normalized spacial score (nSPS) is 15.3. The van der Waals surface area contributed by atoms with Gasteiger partial charge in [0, 0.05) is 11.7 Å². The average Bonchev–Trinajstić information content (AvgIpc) is 3.01. The molecule has 9 heteroatoms. The Kier molecular flexibility index (Phi) is 5.57. The largest absolute Gasteiger partial charge is 0.452 e. The molecule has 3 rings (SSSR count). The number of hydrogen-bond donors (Lipinski definition) is 1. The van der Waals surface area contributed by atoms with Crippen molar-refractivity contribution in [3.05, 3.63) is 59.2 Å². The Balaban J connectivity index is 1.62. The SMILES string of the molecule is C[C@@H]1Cc2cc(C(=O)OCC(=O)Nc3ccc(C#N)cc3)ccc2N1S(C)(=O)=O. The number of ether oxygens (including phenoxy) is 1. The molecule has 8 nitrogen and oxygen atoms in total. The molecule has 2 aromatic rings. The Bertz CT molecular complexity index is 1100. The van der Waals surface area contributed by atoms with Crippen LogP contribution in [0.25, 0.3) is 0 Å². The fraction of sp³-hybridized carbons (Fsp3) is 0.250. The molecule has 0 aromatic heterocycles. The molecule has 0 fully saturated rings. The van der Waals surface area contributed by atoms with Gasteiger partial charge in [0.2, 0.25) is 10.0 Å². The van der Waals surface area contributed by atoms with Crippen LogP contribution in [0.3, 0.4) is 0 Å². The highest BCUT2D eigenvalue weighted by Crippen LogP contribution is 2.34. The van der Waals surface area contributed by atoms with Crippen molar-refractivity contribution in [2.75, 3.05) is 22.5 Å². The van der Waals surface area contributed by atoms with E-state index in [0.29, 0.717) is 23.4 Å². The molecular weight excluding hydrogens is 394 g/mol. The quantitative estimate of drug-likeness (QED) is 0.750. The van der Waals surface area contributed by atoms with Crippen molar-refractivity contribution in [1.82, 2.24) is 0 Å². The number of fused-ring (bicyclic) bond motifs is 1. The third-order valence-electron chi connectivity index (χ3n) is 4.46. The van der Waals surface area contributed by atoms with Gasteiger partial charge in [0.25, 0.3) is 5.91 Å². The minimum atomic E-state index is -3.41. The zero-order chi connectivity index (χ0) is 21.2. The number of nitriles is 1. The molecule has 1 N–H and O–H groups in total. The lowest BCUT2D eigenvalue weighted by atomic mass is 10.1. The minimum Gasteiger partial charge on any atom is -0.452 e. The second-order valence-electron chi connectivity index (χ2n) is 6.77. The summed E-state index contributed by atoms with van der Waals surface area (Å²) in [6.45, 7) is 1.33. The van der Waals surface area contributed by atoms with Crippen molar-refractivity contribution in [2.45, 2.75) is 19.4 Å². The predicted molar refractivity (Wildman–Crippen MR) is 107 cm³/mol. The first-order valence-corrected chi connectivity index (χ1v) is 10.6. The van der Waals surface area contributed by atoms with Gasteiger partial charge in [-0.05, 0) is 61.4 Å². The maximum absolute atomic E-state index is 12.3. The highest BCUT2D eigenvalue weighted by molar-refractivity contribution is 7.92.